The minimum atomic E-state index is -0.295. The molecule has 0 aromatic carbocycles. The largest absolute Gasteiger partial charge is 0.403 e. The number of halogens is 1. The summed E-state index contributed by atoms with van der Waals surface area (Å²) in [5.74, 6) is 0.0425. The Morgan fingerprint density at radius 2 is 1.73 bits per heavy atom. The molecule has 0 bridgehead atoms. The van der Waals surface area contributed by atoms with E-state index < -0.39 is 0 Å². The predicted octanol–water partition coefficient (Wildman–Crippen LogP) is 7.55. The molecule has 0 saturated carbocycles. The minimum Gasteiger partial charge on any atom is -0.403 e. The van der Waals surface area contributed by atoms with E-state index in [9.17, 15) is 4.39 Å². The van der Waals surface area contributed by atoms with Crippen molar-refractivity contribution in [2.24, 2.45) is 22.4 Å². The van der Waals surface area contributed by atoms with E-state index in [1.807, 2.05) is 40.0 Å². The topological polar surface area (TPSA) is 76.9 Å². The van der Waals surface area contributed by atoms with Crippen LogP contribution >= 0.6 is 11.8 Å². The third-order valence-electron chi connectivity index (χ3n) is 5.05. The summed E-state index contributed by atoms with van der Waals surface area (Å²) in [5.41, 5.74) is 12.7. The number of ether oxygens (including phenoxy) is 1. The van der Waals surface area contributed by atoms with Crippen LogP contribution in [0, 0.1) is 18.8 Å². The zero-order valence-electron chi connectivity index (χ0n) is 25.6. The van der Waals surface area contributed by atoms with Gasteiger partial charge in [-0.25, -0.2) is 0 Å². The maximum Gasteiger partial charge on any atom is 0.0923 e. The molecular weight excluding hydrogens is 483 g/mol. The van der Waals surface area contributed by atoms with Gasteiger partial charge in [0.05, 0.1) is 18.9 Å². The Kier molecular flexibility index (Phi) is 34.9. The number of rotatable bonds is 10. The first-order chi connectivity index (χ1) is 17.6. The molecule has 1 aliphatic heterocycles. The molecule has 4 atom stereocenters. The normalized spacial score (nSPS) is 20.1. The van der Waals surface area contributed by atoms with E-state index >= 15 is 0 Å². The number of nitrogens with zero attached hydrogens (tertiary/aromatic N) is 2. The van der Waals surface area contributed by atoms with Crippen LogP contribution < -0.4 is 11.5 Å². The van der Waals surface area contributed by atoms with Gasteiger partial charge in [-0.05, 0) is 59.3 Å². The number of alkyl halides is 1. The van der Waals surface area contributed by atoms with Gasteiger partial charge in [0.15, 0.2) is 0 Å². The Labute approximate surface area is 234 Å². The van der Waals surface area contributed by atoms with Crippen molar-refractivity contribution < 1.29 is 9.13 Å². The molecule has 0 radical (unpaired) electrons. The first-order valence-corrected chi connectivity index (χ1v) is 14.6. The molecule has 0 aromatic rings. The van der Waals surface area contributed by atoms with Gasteiger partial charge in [-0.2, -0.15) is 0 Å². The summed E-state index contributed by atoms with van der Waals surface area (Å²) in [6, 6.07) is 0.601. The molecule has 5 nitrogen and oxygen atoms in total. The monoisotopic (exact) mass is 542 g/mol. The van der Waals surface area contributed by atoms with Gasteiger partial charge >= 0.3 is 0 Å². The maximum atomic E-state index is 12.2. The van der Waals surface area contributed by atoms with Crippen LogP contribution in [0.5, 0.6) is 0 Å². The standard InChI is InChI=1S/C12H25N3O.C11H18FNS.C3H8.C2H6.C2H2/c1-9-6-12(7-10(2)16-9)15(3)5-4-11(14)8-13;1-5-11(6-9(2)7-12)13-8-10(3)14-4;1-3-2;2*1-2/h8-10,12H,4-7,13-14H2,1-3H3;5,8-9H,3,6-7H2,1-2,4H3;3H2,1-2H3;1-2H3;1-2H/b11-8-;11-5-,13-8?;;;/t9-,10+,12?;9-;;;/m.0.../s1. The fourth-order valence-electron chi connectivity index (χ4n) is 3.17. The molecule has 0 aliphatic carbocycles. The molecule has 0 spiro atoms. The summed E-state index contributed by atoms with van der Waals surface area (Å²) in [4.78, 5) is 7.53. The molecule has 4 N–H and O–H groups in total. The van der Waals surface area contributed by atoms with Crippen molar-refractivity contribution in [1.82, 2.24) is 4.90 Å². The number of aliphatic imine (C=N–C) groups is 1. The molecule has 1 saturated heterocycles. The van der Waals surface area contributed by atoms with E-state index in [0.29, 0.717) is 24.7 Å². The first kappa shape index (κ1) is 42.3. The average Bonchev–Trinajstić information content (AvgIpc) is 2.91. The van der Waals surface area contributed by atoms with Crippen molar-refractivity contribution in [3.05, 3.63) is 35.2 Å². The van der Waals surface area contributed by atoms with Crippen molar-refractivity contribution in [1.29, 1.82) is 0 Å². The number of hydrogen-bond acceptors (Lipinski definition) is 6. The molecule has 1 unspecified atom stereocenters. The van der Waals surface area contributed by atoms with Gasteiger partial charge in [0.1, 0.15) is 0 Å². The van der Waals surface area contributed by atoms with Crippen molar-refractivity contribution in [2.75, 3.05) is 26.5 Å². The van der Waals surface area contributed by atoms with E-state index in [2.05, 4.69) is 64.1 Å². The van der Waals surface area contributed by atoms with Crippen molar-refractivity contribution in [3.8, 4) is 12.8 Å². The smallest absolute Gasteiger partial charge is 0.0923 e. The third-order valence-corrected chi connectivity index (χ3v) is 5.68. The van der Waals surface area contributed by atoms with Gasteiger partial charge in [0.2, 0.25) is 0 Å². The zero-order valence-corrected chi connectivity index (χ0v) is 26.4. The van der Waals surface area contributed by atoms with Gasteiger partial charge in [-0.3, -0.25) is 9.38 Å². The van der Waals surface area contributed by atoms with Crippen molar-refractivity contribution in [3.63, 3.8) is 0 Å². The highest BCUT2D eigenvalue weighted by molar-refractivity contribution is 8.03. The molecule has 218 valence electrons. The molecule has 0 amide bonds. The lowest BCUT2D eigenvalue weighted by Crippen LogP contribution is -2.42. The second kappa shape index (κ2) is 30.5. The van der Waals surface area contributed by atoms with Gasteiger partial charge in [-0.15, -0.1) is 24.6 Å². The van der Waals surface area contributed by atoms with E-state index in [-0.39, 0.29) is 12.6 Å². The summed E-state index contributed by atoms with van der Waals surface area (Å²) in [6.45, 7) is 20.8. The molecule has 1 fully saturated rings. The summed E-state index contributed by atoms with van der Waals surface area (Å²) in [6.07, 6.45) is 20.8. The number of thioether (sulfide) groups is 1. The highest BCUT2D eigenvalue weighted by Gasteiger charge is 2.26. The second-order valence-electron chi connectivity index (χ2n) is 8.73. The Bertz CT molecular complexity index is 624. The lowest BCUT2D eigenvalue weighted by Gasteiger charge is -2.37. The van der Waals surface area contributed by atoms with Gasteiger partial charge in [-0.1, -0.05) is 53.7 Å². The summed E-state index contributed by atoms with van der Waals surface area (Å²) in [5, 5.41) is 0. The van der Waals surface area contributed by atoms with Crippen molar-refractivity contribution >= 4 is 18.0 Å². The Hall–Kier alpha value is -1.75. The number of terminal acetylenes is 1. The zero-order chi connectivity index (χ0) is 29.8. The molecule has 1 aliphatic rings. The van der Waals surface area contributed by atoms with Gasteiger partial charge in [0, 0.05) is 47.7 Å². The van der Waals surface area contributed by atoms with Crippen LogP contribution in [-0.2, 0) is 4.74 Å². The quantitative estimate of drug-likeness (QED) is 0.220. The summed E-state index contributed by atoms with van der Waals surface area (Å²) >= 11 is 1.56. The molecular formula is C30H59FN4OS. The van der Waals surface area contributed by atoms with E-state index in [1.165, 1.54) is 12.6 Å². The molecule has 1 heterocycles. The number of nitrogens with two attached hydrogens (primary N) is 2. The van der Waals surface area contributed by atoms with Crippen LogP contribution in [-0.4, -0.2) is 55.9 Å². The van der Waals surface area contributed by atoms with Crippen LogP contribution in [0.15, 0.2) is 40.1 Å². The van der Waals surface area contributed by atoms with Gasteiger partial charge in [0.25, 0.3) is 0 Å². The van der Waals surface area contributed by atoms with E-state index in [0.717, 1.165) is 42.1 Å². The Balaban J connectivity index is -0.000000238. The third kappa shape index (κ3) is 27.1. The van der Waals surface area contributed by atoms with E-state index in [1.54, 1.807) is 18.0 Å². The molecule has 37 heavy (non-hydrogen) atoms. The van der Waals surface area contributed by atoms with Crippen LogP contribution in [0.2, 0.25) is 0 Å². The van der Waals surface area contributed by atoms with Crippen LogP contribution in [0.3, 0.4) is 0 Å². The second-order valence-corrected chi connectivity index (χ2v) is 9.67. The average molecular weight is 543 g/mol. The Morgan fingerprint density at radius 3 is 2.11 bits per heavy atom. The maximum absolute atomic E-state index is 12.2. The number of hydrogen-bond donors (Lipinski definition) is 2. The minimum absolute atomic E-state index is 0.0425. The van der Waals surface area contributed by atoms with Crippen LogP contribution in [0.4, 0.5) is 4.39 Å². The summed E-state index contributed by atoms with van der Waals surface area (Å²) in [7, 11) is 2.15. The van der Waals surface area contributed by atoms with Crippen molar-refractivity contribution in [2.45, 2.75) is 106 Å². The van der Waals surface area contributed by atoms with Crippen LogP contribution in [0.25, 0.3) is 0 Å². The SMILES string of the molecule is C#C.C=C(C=N/C(=C\C)C[C@H](C)CF)SC.CC.CCC.C[C@@H]1CC(N(C)CC/C(N)=C/N)C[C@H](C)O1. The highest BCUT2D eigenvalue weighted by atomic mass is 32.2. The highest BCUT2D eigenvalue weighted by Crippen LogP contribution is 2.23. The first-order valence-electron chi connectivity index (χ1n) is 13.4. The lowest BCUT2D eigenvalue weighted by molar-refractivity contribution is -0.0610. The fraction of sp³-hybridized carbons (Fsp3) is 0.700. The van der Waals surface area contributed by atoms with Crippen LogP contribution in [0.1, 0.15) is 87.5 Å². The molecule has 1 rings (SSSR count). The fourth-order valence-corrected chi connectivity index (χ4v) is 3.32. The molecule has 0 aromatic heterocycles. The Morgan fingerprint density at radius 1 is 1.24 bits per heavy atom. The molecule has 7 heteroatoms. The number of allylic oxidation sites excluding steroid dienone is 3. The van der Waals surface area contributed by atoms with E-state index in [4.69, 9.17) is 16.2 Å². The van der Waals surface area contributed by atoms with Gasteiger partial charge < -0.3 is 21.1 Å². The summed E-state index contributed by atoms with van der Waals surface area (Å²) < 4.78 is 18.0. The predicted molar refractivity (Wildman–Crippen MR) is 169 cm³/mol. The lowest BCUT2D eigenvalue weighted by atomic mass is 9.98.